The van der Waals surface area contributed by atoms with E-state index in [-0.39, 0.29) is 30.9 Å². The van der Waals surface area contributed by atoms with E-state index in [1.807, 2.05) is 66.7 Å². The number of carbonyl (C=O) groups excluding carboxylic acids is 3. The summed E-state index contributed by atoms with van der Waals surface area (Å²) in [6, 6.07) is 21.0. The van der Waals surface area contributed by atoms with Crippen LogP contribution in [-0.2, 0) is 39.4 Å². The molecule has 8 nitrogen and oxygen atoms in total. The molecular formula is C43H49N3O5. The van der Waals surface area contributed by atoms with Crippen molar-refractivity contribution in [2.24, 2.45) is 5.92 Å². The number of aliphatic hydroxyl groups is 2. The molecule has 8 heteroatoms. The van der Waals surface area contributed by atoms with Crippen LogP contribution in [-0.4, -0.2) is 52.0 Å². The van der Waals surface area contributed by atoms with Crippen molar-refractivity contribution in [2.75, 3.05) is 23.0 Å². The Balaban J connectivity index is 1.29. The number of hydrogen-bond donors (Lipinski definition) is 2. The number of para-hydroxylation sites is 1. The van der Waals surface area contributed by atoms with E-state index in [4.69, 9.17) is 0 Å². The first-order chi connectivity index (χ1) is 24.5. The first-order valence-electron chi connectivity index (χ1n) is 18.0. The average molecular weight is 688 g/mol. The van der Waals surface area contributed by atoms with Crippen molar-refractivity contribution in [3.63, 3.8) is 0 Å². The molecule has 3 atom stereocenters. The number of fused-ring (bicyclic) bond motifs is 3. The standard InChI is InChI=1S/C43H49N3O5/c1-29(2)11-9-12-30(3)23-24-44-39-21-20-35(46-38-17-8-7-14-32(38)19-22-41(46)49)26-37(39)43(51,42(44)50)31(4)13-10-18-40(48)45-27-34-16-6-5-15-33(34)25-36(45)28-47/h5-8,10-11,13-17,20-21,23,26,31,36,47,51H,9,12,18-19,22,24-25,27-28H2,1-4H3/b13-10+,30-23+/t31-,36+,43+/m1/s1. The second-order valence-corrected chi connectivity index (χ2v) is 14.4. The van der Waals surface area contributed by atoms with Gasteiger partial charge >= 0.3 is 0 Å². The Hall–Kier alpha value is -4.79. The summed E-state index contributed by atoms with van der Waals surface area (Å²) in [4.78, 5) is 46.2. The molecule has 3 aromatic carbocycles. The van der Waals surface area contributed by atoms with Crippen molar-refractivity contribution in [3.8, 4) is 0 Å². The number of nitrogens with zero attached hydrogens (tertiary/aromatic N) is 3. The zero-order chi connectivity index (χ0) is 36.3. The van der Waals surface area contributed by atoms with Crippen LogP contribution in [0.4, 0.5) is 17.1 Å². The predicted molar refractivity (Wildman–Crippen MR) is 202 cm³/mol. The first-order valence-corrected chi connectivity index (χ1v) is 18.0. The quantitative estimate of drug-likeness (QED) is 0.211. The highest BCUT2D eigenvalue weighted by Crippen LogP contribution is 2.48. The molecule has 0 fully saturated rings. The number of rotatable bonds is 11. The van der Waals surface area contributed by atoms with Gasteiger partial charge in [-0.1, -0.05) is 84.8 Å². The lowest BCUT2D eigenvalue weighted by molar-refractivity contribution is -0.139. The van der Waals surface area contributed by atoms with Crippen LogP contribution in [0.3, 0.4) is 0 Å². The molecule has 6 rings (SSSR count). The summed E-state index contributed by atoms with van der Waals surface area (Å²) in [5, 5.41) is 22.6. The van der Waals surface area contributed by atoms with Gasteiger partial charge in [-0.15, -0.1) is 0 Å². The molecule has 3 aliphatic heterocycles. The van der Waals surface area contributed by atoms with Crippen LogP contribution in [0.25, 0.3) is 0 Å². The zero-order valence-corrected chi connectivity index (χ0v) is 30.1. The Labute approximate surface area is 301 Å². The van der Waals surface area contributed by atoms with E-state index < -0.39 is 17.4 Å². The molecule has 3 amide bonds. The van der Waals surface area contributed by atoms with Gasteiger partial charge in [0, 0.05) is 43.1 Å². The summed E-state index contributed by atoms with van der Waals surface area (Å²) in [7, 11) is 0. The van der Waals surface area contributed by atoms with Crippen molar-refractivity contribution >= 4 is 34.8 Å². The molecule has 3 heterocycles. The Kier molecular flexibility index (Phi) is 10.7. The number of anilines is 3. The summed E-state index contributed by atoms with van der Waals surface area (Å²) in [5.74, 6) is -1.30. The largest absolute Gasteiger partial charge is 0.394 e. The lowest BCUT2D eigenvalue weighted by Crippen LogP contribution is -2.46. The Bertz CT molecular complexity index is 1910. The molecule has 0 saturated heterocycles. The molecule has 0 aliphatic carbocycles. The fourth-order valence-corrected chi connectivity index (χ4v) is 7.58. The molecule has 0 radical (unpaired) electrons. The van der Waals surface area contributed by atoms with Gasteiger partial charge in [-0.25, -0.2) is 0 Å². The summed E-state index contributed by atoms with van der Waals surface area (Å²) in [5.41, 5.74) is 6.22. The van der Waals surface area contributed by atoms with Gasteiger partial charge in [0.1, 0.15) is 0 Å². The second-order valence-electron chi connectivity index (χ2n) is 14.4. The molecule has 266 valence electrons. The van der Waals surface area contributed by atoms with Crippen molar-refractivity contribution in [1.82, 2.24) is 4.90 Å². The van der Waals surface area contributed by atoms with Crippen LogP contribution in [0.2, 0.25) is 0 Å². The number of carbonyl (C=O) groups is 3. The van der Waals surface area contributed by atoms with Crippen LogP contribution in [0.15, 0.2) is 102 Å². The summed E-state index contributed by atoms with van der Waals surface area (Å²) >= 11 is 0. The highest BCUT2D eigenvalue weighted by Gasteiger charge is 2.52. The zero-order valence-electron chi connectivity index (χ0n) is 30.1. The van der Waals surface area contributed by atoms with E-state index in [1.165, 1.54) is 5.57 Å². The van der Waals surface area contributed by atoms with Crippen LogP contribution in [0, 0.1) is 5.92 Å². The van der Waals surface area contributed by atoms with Gasteiger partial charge in [0.2, 0.25) is 11.8 Å². The maximum absolute atomic E-state index is 14.4. The SMILES string of the molecule is CC(C)=CCC/C(C)=C/CN1C(=O)[C@](O)([C@H](C)/C=C/CC(=O)N2Cc3ccccc3C[C@H]2CO)c2cc(N3C(=O)CCc4ccccc43)ccc21. The van der Waals surface area contributed by atoms with Crippen LogP contribution < -0.4 is 9.80 Å². The third-order valence-electron chi connectivity index (χ3n) is 10.6. The highest BCUT2D eigenvalue weighted by atomic mass is 16.3. The number of amides is 3. The average Bonchev–Trinajstić information content (AvgIpc) is 3.35. The highest BCUT2D eigenvalue weighted by molar-refractivity contribution is 6.09. The summed E-state index contributed by atoms with van der Waals surface area (Å²) in [6.45, 7) is 8.59. The van der Waals surface area contributed by atoms with E-state index >= 15 is 0 Å². The molecule has 0 unspecified atom stereocenters. The van der Waals surface area contributed by atoms with Crippen molar-refractivity contribution in [3.05, 3.63) is 124 Å². The minimum absolute atomic E-state index is 0.0405. The van der Waals surface area contributed by atoms with E-state index in [1.54, 1.807) is 39.8 Å². The summed E-state index contributed by atoms with van der Waals surface area (Å²) < 4.78 is 0. The monoisotopic (exact) mass is 687 g/mol. The Morgan fingerprint density at radius 2 is 1.67 bits per heavy atom. The predicted octanol–water partition coefficient (Wildman–Crippen LogP) is 7.05. The normalized spacial score (nSPS) is 20.7. The van der Waals surface area contributed by atoms with Crippen LogP contribution in [0.1, 0.15) is 75.6 Å². The molecular weight excluding hydrogens is 638 g/mol. The lowest BCUT2D eigenvalue weighted by atomic mass is 9.82. The number of allylic oxidation sites excluding steroid dienone is 3. The third kappa shape index (κ3) is 7.21. The van der Waals surface area contributed by atoms with Crippen molar-refractivity contribution in [1.29, 1.82) is 0 Å². The molecule has 0 bridgehead atoms. The minimum Gasteiger partial charge on any atom is -0.394 e. The smallest absolute Gasteiger partial charge is 0.264 e. The van der Waals surface area contributed by atoms with E-state index in [0.717, 1.165) is 40.8 Å². The van der Waals surface area contributed by atoms with Crippen LogP contribution in [0.5, 0.6) is 0 Å². The van der Waals surface area contributed by atoms with Crippen molar-refractivity contribution in [2.45, 2.75) is 84.4 Å². The molecule has 0 saturated carbocycles. The van der Waals surface area contributed by atoms with E-state index in [9.17, 15) is 24.6 Å². The second kappa shape index (κ2) is 15.2. The van der Waals surface area contributed by atoms with E-state index in [2.05, 4.69) is 26.8 Å². The molecule has 0 aromatic heterocycles. The summed E-state index contributed by atoms with van der Waals surface area (Å²) in [6.07, 6.45) is 11.2. The molecule has 3 aliphatic rings. The maximum Gasteiger partial charge on any atom is 0.264 e. The Morgan fingerprint density at radius 3 is 2.41 bits per heavy atom. The number of hydrogen-bond acceptors (Lipinski definition) is 5. The lowest BCUT2D eigenvalue weighted by Gasteiger charge is -2.36. The fraction of sp³-hybridized carbons (Fsp3) is 0.372. The van der Waals surface area contributed by atoms with Gasteiger partial charge in [-0.2, -0.15) is 0 Å². The van der Waals surface area contributed by atoms with E-state index in [0.29, 0.717) is 49.3 Å². The minimum atomic E-state index is -1.93. The van der Waals surface area contributed by atoms with Gasteiger partial charge in [-0.05, 0) is 87.4 Å². The van der Waals surface area contributed by atoms with Gasteiger partial charge in [-0.3, -0.25) is 19.3 Å². The molecule has 51 heavy (non-hydrogen) atoms. The van der Waals surface area contributed by atoms with Gasteiger partial charge in [0.05, 0.1) is 24.0 Å². The van der Waals surface area contributed by atoms with Gasteiger partial charge in [0.15, 0.2) is 5.60 Å². The molecule has 3 aromatic rings. The number of benzene rings is 3. The van der Waals surface area contributed by atoms with Gasteiger partial charge in [0.25, 0.3) is 5.91 Å². The fourth-order valence-electron chi connectivity index (χ4n) is 7.58. The third-order valence-corrected chi connectivity index (χ3v) is 10.6. The van der Waals surface area contributed by atoms with Gasteiger partial charge < -0.3 is 20.0 Å². The Morgan fingerprint density at radius 1 is 0.941 bits per heavy atom. The molecule has 0 spiro atoms. The van der Waals surface area contributed by atoms with Crippen molar-refractivity contribution < 1.29 is 24.6 Å². The number of aryl methyl sites for hydroxylation is 1. The first kappa shape index (κ1) is 36.0. The van der Waals surface area contributed by atoms with Crippen LogP contribution >= 0.6 is 0 Å². The topological polar surface area (TPSA) is 101 Å². The maximum atomic E-state index is 14.4. The molecule has 2 N–H and O–H groups in total. The number of aliphatic hydroxyl groups excluding tert-OH is 1.